The van der Waals surface area contributed by atoms with Crippen LogP contribution in [-0.4, -0.2) is 23.3 Å². The van der Waals surface area contributed by atoms with Gasteiger partial charge in [0.05, 0.1) is 7.11 Å². The first-order chi connectivity index (χ1) is 9.51. The van der Waals surface area contributed by atoms with E-state index in [1.165, 1.54) is 19.2 Å². The fourth-order valence-electron chi connectivity index (χ4n) is 1.69. The molecule has 0 aliphatic heterocycles. The summed E-state index contributed by atoms with van der Waals surface area (Å²) in [5, 5.41) is 3.88. The van der Waals surface area contributed by atoms with Crippen molar-refractivity contribution in [1.29, 1.82) is 0 Å². The van der Waals surface area contributed by atoms with Crippen LogP contribution in [0.4, 0.5) is 4.39 Å². The Morgan fingerprint density at radius 2 is 2.15 bits per heavy atom. The van der Waals surface area contributed by atoms with E-state index in [0.717, 1.165) is 0 Å². The van der Waals surface area contributed by atoms with Crippen LogP contribution in [0.5, 0.6) is 5.75 Å². The van der Waals surface area contributed by atoms with Gasteiger partial charge in [0.15, 0.2) is 11.6 Å². The Balaban J connectivity index is 2.20. The molecule has 0 bridgehead atoms. The first-order valence-corrected chi connectivity index (χ1v) is 6.43. The molecule has 0 spiro atoms. The van der Waals surface area contributed by atoms with E-state index < -0.39 is 5.82 Å². The van der Waals surface area contributed by atoms with Crippen molar-refractivity contribution in [2.45, 2.75) is 26.3 Å². The van der Waals surface area contributed by atoms with Crippen LogP contribution in [0, 0.1) is 11.7 Å². The molecule has 1 unspecified atom stereocenters. The normalized spacial score (nSPS) is 12.7. The predicted octanol–water partition coefficient (Wildman–Crippen LogP) is 2.41. The summed E-state index contributed by atoms with van der Waals surface area (Å²) < 4.78 is 23.4. The second-order valence-electron chi connectivity index (χ2n) is 4.97. The topological polar surface area (TPSA) is 74.2 Å². The monoisotopic (exact) mass is 279 g/mol. The van der Waals surface area contributed by atoms with Crippen molar-refractivity contribution >= 4 is 0 Å². The maximum absolute atomic E-state index is 13.3. The third-order valence-electron chi connectivity index (χ3n) is 3.14. The van der Waals surface area contributed by atoms with Crippen molar-refractivity contribution in [2.24, 2.45) is 11.7 Å². The number of halogens is 1. The average molecular weight is 279 g/mol. The number of hydrogen-bond donors (Lipinski definition) is 1. The molecule has 1 heterocycles. The molecule has 2 rings (SSSR count). The zero-order valence-electron chi connectivity index (χ0n) is 11.8. The summed E-state index contributed by atoms with van der Waals surface area (Å²) in [6, 6.07) is 4.39. The highest BCUT2D eigenvalue weighted by Crippen LogP contribution is 2.24. The van der Waals surface area contributed by atoms with Gasteiger partial charge in [0.25, 0.3) is 0 Å². The predicted molar refractivity (Wildman–Crippen MR) is 72.8 cm³/mol. The van der Waals surface area contributed by atoms with E-state index >= 15 is 0 Å². The molecule has 0 saturated heterocycles. The molecule has 0 saturated carbocycles. The highest BCUT2D eigenvalue weighted by atomic mass is 19.1. The SMILES string of the molecule is COc1cc(-c2noc(CC(N)C(C)C)n2)ccc1F. The lowest BCUT2D eigenvalue weighted by atomic mass is 10.0. The Hall–Kier alpha value is -1.95. The molecule has 0 amide bonds. The maximum atomic E-state index is 13.3. The molecule has 20 heavy (non-hydrogen) atoms. The summed E-state index contributed by atoms with van der Waals surface area (Å²) in [5.74, 6) is 0.921. The molecule has 5 nitrogen and oxygen atoms in total. The molecule has 2 aromatic rings. The third kappa shape index (κ3) is 3.14. The molecule has 108 valence electrons. The van der Waals surface area contributed by atoms with E-state index in [1.54, 1.807) is 6.07 Å². The Kier molecular flexibility index (Phi) is 4.34. The highest BCUT2D eigenvalue weighted by molar-refractivity contribution is 5.57. The van der Waals surface area contributed by atoms with Gasteiger partial charge in [0, 0.05) is 18.0 Å². The van der Waals surface area contributed by atoms with E-state index in [0.29, 0.717) is 29.6 Å². The van der Waals surface area contributed by atoms with Crippen molar-refractivity contribution in [3.05, 3.63) is 29.9 Å². The molecule has 0 aliphatic carbocycles. The number of rotatable bonds is 5. The summed E-state index contributed by atoms with van der Waals surface area (Å²) in [6.07, 6.45) is 0.517. The summed E-state index contributed by atoms with van der Waals surface area (Å²) >= 11 is 0. The molecule has 1 aromatic carbocycles. The zero-order chi connectivity index (χ0) is 14.7. The van der Waals surface area contributed by atoms with E-state index in [9.17, 15) is 4.39 Å². The standard InChI is InChI=1S/C14H18FN3O2/c1-8(2)11(16)7-13-17-14(18-20-13)9-4-5-10(15)12(6-9)19-3/h4-6,8,11H,7,16H2,1-3H3. The summed E-state index contributed by atoms with van der Waals surface area (Å²) in [7, 11) is 1.41. The number of hydrogen-bond acceptors (Lipinski definition) is 5. The lowest BCUT2D eigenvalue weighted by molar-refractivity contribution is 0.353. The number of ether oxygens (including phenoxy) is 1. The second-order valence-corrected chi connectivity index (χ2v) is 4.97. The van der Waals surface area contributed by atoms with Gasteiger partial charge >= 0.3 is 0 Å². The molecule has 6 heteroatoms. The van der Waals surface area contributed by atoms with Gasteiger partial charge in [-0.2, -0.15) is 4.98 Å². The lowest BCUT2D eigenvalue weighted by Gasteiger charge is -2.11. The molecular formula is C14H18FN3O2. The Morgan fingerprint density at radius 1 is 1.40 bits per heavy atom. The number of nitrogens with zero attached hydrogens (tertiary/aromatic N) is 2. The lowest BCUT2D eigenvalue weighted by Crippen LogP contribution is -2.28. The van der Waals surface area contributed by atoms with Crippen LogP contribution < -0.4 is 10.5 Å². The molecular weight excluding hydrogens is 261 g/mol. The number of methoxy groups -OCH3 is 1. The van der Waals surface area contributed by atoms with Crippen molar-refractivity contribution in [3.8, 4) is 17.1 Å². The van der Waals surface area contributed by atoms with Crippen LogP contribution in [-0.2, 0) is 6.42 Å². The minimum atomic E-state index is -0.429. The summed E-state index contributed by atoms with van der Waals surface area (Å²) in [5.41, 5.74) is 6.60. The van der Waals surface area contributed by atoms with Crippen molar-refractivity contribution in [1.82, 2.24) is 10.1 Å². The maximum Gasteiger partial charge on any atom is 0.228 e. The first-order valence-electron chi connectivity index (χ1n) is 6.43. The Labute approximate surface area is 116 Å². The fraction of sp³-hybridized carbons (Fsp3) is 0.429. The minimum Gasteiger partial charge on any atom is -0.494 e. The average Bonchev–Trinajstić information content (AvgIpc) is 2.87. The van der Waals surface area contributed by atoms with Gasteiger partial charge in [-0.25, -0.2) is 4.39 Å². The van der Waals surface area contributed by atoms with Gasteiger partial charge in [0.2, 0.25) is 11.7 Å². The Bertz CT molecular complexity index is 584. The van der Waals surface area contributed by atoms with Gasteiger partial charge in [-0.05, 0) is 24.1 Å². The van der Waals surface area contributed by atoms with Crippen molar-refractivity contribution in [3.63, 3.8) is 0 Å². The van der Waals surface area contributed by atoms with Crippen LogP contribution in [0.25, 0.3) is 11.4 Å². The smallest absolute Gasteiger partial charge is 0.228 e. The highest BCUT2D eigenvalue weighted by Gasteiger charge is 2.15. The minimum absolute atomic E-state index is 0.0361. The van der Waals surface area contributed by atoms with Gasteiger partial charge in [-0.15, -0.1) is 0 Å². The number of benzene rings is 1. The third-order valence-corrected chi connectivity index (χ3v) is 3.14. The van der Waals surface area contributed by atoms with Crippen LogP contribution in [0.1, 0.15) is 19.7 Å². The van der Waals surface area contributed by atoms with E-state index in [-0.39, 0.29) is 11.8 Å². The molecule has 1 aromatic heterocycles. The molecule has 0 aliphatic rings. The number of aromatic nitrogens is 2. The van der Waals surface area contributed by atoms with Crippen LogP contribution in [0.3, 0.4) is 0 Å². The van der Waals surface area contributed by atoms with Gasteiger partial charge in [-0.3, -0.25) is 0 Å². The number of nitrogens with two attached hydrogens (primary N) is 1. The van der Waals surface area contributed by atoms with Crippen LogP contribution >= 0.6 is 0 Å². The van der Waals surface area contributed by atoms with Gasteiger partial charge in [0.1, 0.15) is 0 Å². The molecule has 1 atom stereocenters. The van der Waals surface area contributed by atoms with Crippen molar-refractivity contribution < 1.29 is 13.7 Å². The van der Waals surface area contributed by atoms with E-state index in [1.807, 2.05) is 13.8 Å². The molecule has 0 fully saturated rings. The van der Waals surface area contributed by atoms with Crippen LogP contribution in [0.15, 0.2) is 22.7 Å². The summed E-state index contributed by atoms with van der Waals surface area (Å²) in [4.78, 5) is 4.27. The van der Waals surface area contributed by atoms with Gasteiger partial charge in [-0.1, -0.05) is 19.0 Å². The van der Waals surface area contributed by atoms with Crippen LogP contribution in [0.2, 0.25) is 0 Å². The molecule has 0 radical (unpaired) electrons. The quantitative estimate of drug-likeness (QED) is 0.909. The summed E-state index contributed by atoms with van der Waals surface area (Å²) in [6.45, 7) is 4.07. The first kappa shape index (κ1) is 14.5. The van der Waals surface area contributed by atoms with E-state index in [2.05, 4.69) is 10.1 Å². The fourth-order valence-corrected chi connectivity index (χ4v) is 1.69. The largest absolute Gasteiger partial charge is 0.494 e. The Morgan fingerprint density at radius 3 is 2.80 bits per heavy atom. The molecule has 2 N–H and O–H groups in total. The zero-order valence-corrected chi connectivity index (χ0v) is 11.8. The van der Waals surface area contributed by atoms with Crippen molar-refractivity contribution in [2.75, 3.05) is 7.11 Å². The second kappa shape index (κ2) is 6.00. The van der Waals surface area contributed by atoms with E-state index in [4.69, 9.17) is 15.0 Å². The van der Waals surface area contributed by atoms with Gasteiger partial charge < -0.3 is 15.0 Å².